The minimum atomic E-state index is 0.418. The number of benzene rings is 1. The summed E-state index contributed by atoms with van der Waals surface area (Å²) in [6.07, 6.45) is 0. The highest BCUT2D eigenvalue weighted by Gasteiger charge is 2.63. The van der Waals surface area contributed by atoms with E-state index in [0.717, 1.165) is 23.4 Å². The van der Waals surface area contributed by atoms with Crippen LogP contribution in [0.25, 0.3) is 0 Å². The van der Waals surface area contributed by atoms with Crippen molar-refractivity contribution in [1.29, 1.82) is 5.26 Å². The predicted octanol–water partition coefficient (Wildman–Crippen LogP) is 3.96. The van der Waals surface area contributed by atoms with E-state index in [0.29, 0.717) is 16.7 Å². The zero-order valence-electron chi connectivity index (χ0n) is 12.0. The van der Waals surface area contributed by atoms with Gasteiger partial charge in [-0.1, -0.05) is 27.7 Å². The molecule has 0 bridgehead atoms. The maximum atomic E-state index is 8.90. The van der Waals surface area contributed by atoms with Crippen LogP contribution in [0.1, 0.15) is 38.8 Å². The highest BCUT2D eigenvalue weighted by atomic mass is 14.9. The van der Waals surface area contributed by atoms with Crippen molar-refractivity contribution in [3.05, 3.63) is 29.3 Å². The first-order chi connectivity index (χ1) is 8.30. The van der Waals surface area contributed by atoms with Crippen LogP contribution in [0, 0.1) is 35.0 Å². The van der Waals surface area contributed by atoms with Gasteiger partial charge in [0.2, 0.25) is 0 Å². The van der Waals surface area contributed by atoms with Crippen LogP contribution < -0.4 is 5.32 Å². The molecule has 0 amide bonds. The van der Waals surface area contributed by atoms with E-state index in [-0.39, 0.29) is 0 Å². The van der Waals surface area contributed by atoms with Crippen LogP contribution >= 0.6 is 0 Å². The molecule has 2 heteroatoms. The highest BCUT2D eigenvalue weighted by Crippen LogP contribution is 2.68. The molecule has 0 unspecified atom stereocenters. The lowest BCUT2D eigenvalue weighted by Gasteiger charge is -2.09. The second kappa shape index (κ2) is 4.02. The summed E-state index contributed by atoms with van der Waals surface area (Å²) < 4.78 is 0. The van der Waals surface area contributed by atoms with Crippen LogP contribution in [-0.2, 0) is 0 Å². The van der Waals surface area contributed by atoms with Gasteiger partial charge in [0.25, 0.3) is 0 Å². The third-order valence-electron chi connectivity index (χ3n) is 5.18. The number of rotatable bonds is 3. The minimum absolute atomic E-state index is 0.418. The molecule has 1 aliphatic carbocycles. The molecule has 1 aromatic rings. The Balaban J connectivity index is 2.01. The quantitative estimate of drug-likeness (QED) is 0.870. The standard InChI is InChI=1S/C16H22N2/c1-11-8-13(7-6-12(11)9-17)18-10-14-15(2,3)16(14,4)5/h6-8,14,18H,10H2,1-5H3. The number of hydrogen-bond donors (Lipinski definition) is 1. The van der Waals surface area contributed by atoms with Gasteiger partial charge in [0.05, 0.1) is 11.6 Å². The van der Waals surface area contributed by atoms with E-state index in [1.54, 1.807) is 0 Å². The monoisotopic (exact) mass is 242 g/mol. The maximum absolute atomic E-state index is 8.90. The predicted molar refractivity (Wildman–Crippen MR) is 75.4 cm³/mol. The van der Waals surface area contributed by atoms with Gasteiger partial charge in [0.15, 0.2) is 0 Å². The molecule has 0 aliphatic heterocycles. The first-order valence-electron chi connectivity index (χ1n) is 6.55. The fourth-order valence-electron chi connectivity index (χ4n) is 2.96. The molecule has 2 nitrogen and oxygen atoms in total. The minimum Gasteiger partial charge on any atom is -0.385 e. The van der Waals surface area contributed by atoms with Crippen LogP contribution in [0.15, 0.2) is 18.2 Å². The number of nitrogens with zero attached hydrogens (tertiary/aromatic N) is 1. The third-order valence-corrected chi connectivity index (χ3v) is 5.18. The Hall–Kier alpha value is -1.49. The maximum Gasteiger partial charge on any atom is 0.0994 e. The van der Waals surface area contributed by atoms with Gasteiger partial charge in [0, 0.05) is 12.2 Å². The van der Waals surface area contributed by atoms with Crippen molar-refractivity contribution >= 4 is 5.69 Å². The summed E-state index contributed by atoms with van der Waals surface area (Å²) in [5, 5.41) is 12.4. The van der Waals surface area contributed by atoms with Crippen molar-refractivity contribution in [2.24, 2.45) is 16.7 Å². The molecule has 18 heavy (non-hydrogen) atoms. The zero-order valence-corrected chi connectivity index (χ0v) is 12.0. The van der Waals surface area contributed by atoms with Crippen molar-refractivity contribution in [3.8, 4) is 6.07 Å². The fraction of sp³-hybridized carbons (Fsp3) is 0.562. The summed E-state index contributed by atoms with van der Waals surface area (Å²) in [4.78, 5) is 0. The molecule has 1 aromatic carbocycles. The fourth-order valence-corrected chi connectivity index (χ4v) is 2.96. The lowest BCUT2D eigenvalue weighted by Crippen LogP contribution is -2.08. The lowest BCUT2D eigenvalue weighted by molar-refractivity contribution is 0.457. The molecule has 0 spiro atoms. The average molecular weight is 242 g/mol. The van der Waals surface area contributed by atoms with Crippen LogP contribution in [0.3, 0.4) is 0 Å². The first kappa shape index (κ1) is 13.0. The molecule has 1 N–H and O–H groups in total. The Kier molecular flexibility index (Phi) is 2.89. The Bertz CT molecular complexity index is 492. The van der Waals surface area contributed by atoms with Crippen molar-refractivity contribution in [1.82, 2.24) is 0 Å². The van der Waals surface area contributed by atoms with E-state index < -0.39 is 0 Å². The molecule has 1 aliphatic rings. The summed E-state index contributed by atoms with van der Waals surface area (Å²) in [5.41, 5.74) is 3.75. The molecule has 0 saturated heterocycles. The molecule has 1 fully saturated rings. The molecule has 0 aromatic heterocycles. The number of aryl methyl sites for hydroxylation is 1. The molecule has 1 saturated carbocycles. The van der Waals surface area contributed by atoms with Crippen LogP contribution in [0.4, 0.5) is 5.69 Å². The van der Waals surface area contributed by atoms with Crippen molar-refractivity contribution in [3.63, 3.8) is 0 Å². The summed E-state index contributed by atoms with van der Waals surface area (Å²) in [5.74, 6) is 0.709. The molecule has 2 rings (SSSR count). The van der Waals surface area contributed by atoms with Gasteiger partial charge in [-0.05, 0) is 47.4 Å². The van der Waals surface area contributed by atoms with Crippen molar-refractivity contribution in [2.45, 2.75) is 34.6 Å². The Morgan fingerprint density at radius 1 is 1.22 bits per heavy atom. The largest absolute Gasteiger partial charge is 0.385 e. The van der Waals surface area contributed by atoms with Gasteiger partial charge in [-0.2, -0.15) is 5.26 Å². The SMILES string of the molecule is Cc1cc(NCC2C(C)(C)C2(C)C)ccc1C#N. The highest BCUT2D eigenvalue weighted by molar-refractivity contribution is 5.51. The second-order valence-electron chi connectivity index (χ2n) is 6.52. The molecule has 0 radical (unpaired) electrons. The van der Waals surface area contributed by atoms with Crippen LogP contribution in [0.2, 0.25) is 0 Å². The van der Waals surface area contributed by atoms with Crippen molar-refractivity contribution in [2.75, 3.05) is 11.9 Å². The van der Waals surface area contributed by atoms with Crippen LogP contribution in [-0.4, -0.2) is 6.54 Å². The summed E-state index contributed by atoms with van der Waals surface area (Å²) >= 11 is 0. The molecule has 0 heterocycles. The van der Waals surface area contributed by atoms with E-state index >= 15 is 0 Å². The Morgan fingerprint density at radius 2 is 1.83 bits per heavy atom. The molecule has 0 atom stereocenters. The van der Waals surface area contributed by atoms with Gasteiger partial charge in [-0.15, -0.1) is 0 Å². The van der Waals surface area contributed by atoms with Crippen molar-refractivity contribution < 1.29 is 0 Å². The van der Waals surface area contributed by atoms with E-state index in [1.165, 1.54) is 0 Å². The topological polar surface area (TPSA) is 35.8 Å². The van der Waals surface area contributed by atoms with Gasteiger partial charge in [-0.3, -0.25) is 0 Å². The number of nitriles is 1. The van der Waals surface area contributed by atoms with E-state index in [1.807, 2.05) is 19.1 Å². The van der Waals surface area contributed by atoms with Crippen LogP contribution in [0.5, 0.6) is 0 Å². The van der Waals surface area contributed by atoms with Gasteiger partial charge in [-0.25, -0.2) is 0 Å². The number of nitrogens with one attached hydrogen (secondary N) is 1. The Morgan fingerprint density at radius 3 is 2.28 bits per heavy atom. The summed E-state index contributed by atoms with van der Waals surface area (Å²) in [7, 11) is 0. The smallest absolute Gasteiger partial charge is 0.0994 e. The number of hydrogen-bond acceptors (Lipinski definition) is 2. The lowest BCUT2D eigenvalue weighted by atomic mass is 10.0. The molecular formula is C16H22N2. The molecular weight excluding hydrogens is 220 g/mol. The Labute approximate surface area is 110 Å². The van der Waals surface area contributed by atoms with Gasteiger partial charge < -0.3 is 5.32 Å². The summed E-state index contributed by atoms with van der Waals surface area (Å²) in [6.45, 7) is 12.3. The van der Waals surface area contributed by atoms with Gasteiger partial charge in [0.1, 0.15) is 0 Å². The van der Waals surface area contributed by atoms with E-state index in [9.17, 15) is 0 Å². The van der Waals surface area contributed by atoms with E-state index in [4.69, 9.17) is 5.26 Å². The van der Waals surface area contributed by atoms with Gasteiger partial charge >= 0.3 is 0 Å². The zero-order chi connectivity index (χ0) is 13.6. The average Bonchev–Trinajstić information content (AvgIpc) is 2.67. The summed E-state index contributed by atoms with van der Waals surface area (Å²) in [6, 6.07) is 8.14. The third kappa shape index (κ3) is 1.88. The second-order valence-corrected chi connectivity index (χ2v) is 6.52. The molecule has 96 valence electrons. The van der Waals surface area contributed by atoms with E-state index in [2.05, 4.69) is 45.1 Å². The number of anilines is 1. The normalized spacial score (nSPS) is 20.2. The first-order valence-corrected chi connectivity index (χ1v) is 6.55.